The van der Waals surface area contributed by atoms with Gasteiger partial charge in [0, 0.05) is 10.6 Å². The summed E-state index contributed by atoms with van der Waals surface area (Å²) in [6, 6.07) is 11.7. The Labute approximate surface area is 191 Å². The van der Waals surface area contributed by atoms with Crippen LogP contribution in [0.15, 0.2) is 64.9 Å². The van der Waals surface area contributed by atoms with Crippen molar-refractivity contribution in [1.29, 1.82) is 5.26 Å². The van der Waals surface area contributed by atoms with Gasteiger partial charge in [0.2, 0.25) is 5.91 Å². The summed E-state index contributed by atoms with van der Waals surface area (Å²) in [6.45, 7) is 0. The van der Waals surface area contributed by atoms with Crippen molar-refractivity contribution in [3.05, 3.63) is 81.8 Å². The van der Waals surface area contributed by atoms with Gasteiger partial charge in [-0.05, 0) is 60.3 Å². The van der Waals surface area contributed by atoms with E-state index in [4.69, 9.17) is 5.26 Å². The zero-order valence-corrected chi connectivity index (χ0v) is 18.4. The third-order valence-electron chi connectivity index (χ3n) is 4.70. The predicted molar refractivity (Wildman–Crippen MR) is 115 cm³/mol. The second-order valence-corrected chi connectivity index (χ2v) is 10.1. The van der Waals surface area contributed by atoms with Gasteiger partial charge in [-0.1, -0.05) is 6.07 Å². The minimum Gasteiger partial charge on any atom is -0.326 e. The molecule has 1 aromatic heterocycles. The number of benzene rings is 2. The lowest BCUT2D eigenvalue weighted by atomic mass is 10.0. The average molecular weight is 497 g/mol. The molecular formula is C22H16F4N2O3S2. The van der Waals surface area contributed by atoms with Crippen LogP contribution < -0.4 is 5.32 Å². The Kier molecular flexibility index (Phi) is 7.19. The lowest BCUT2D eigenvalue weighted by Gasteiger charge is -2.18. The van der Waals surface area contributed by atoms with Crippen molar-refractivity contribution in [3.63, 3.8) is 0 Å². The van der Waals surface area contributed by atoms with Crippen molar-refractivity contribution in [2.75, 3.05) is 11.1 Å². The first kappa shape index (κ1) is 24.4. The Morgan fingerprint density at radius 3 is 2.39 bits per heavy atom. The molecule has 0 spiro atoms. The Morgan fingerprint density at radius 2 is 1.82 bits per heavy atom. The monoisotopic (exact) mass is 496 g/mol. The highest BCUT2D eigenvalue weighted by Gasteiger charge is 2.34. The predicted octanol–water partition coefficient (Wildman–Crippen LogP) is 5.05. The summed E-state index contributed by atoms with van der Waals surface area (Å²) in [5.74, 6) is -3.19. The zero-order valence-electron chi connectivity index (χ0n) is 16.8. The first-order valence-electron chi connectivity index (χ1n) is 9.42. The number of sulfone groups is 1. The number of carbonyl (C=O) groups is 1. The number of alkyl halides is 3. The fraction of sp³-hybridized carbons (Fsp3) is 0.182. The first-order valence-corrected chi connectivity index (χ1v) is 12.0. The van der Waals surface area contributed by atoms with Crippen molar-refractivity contribution in [1.82, 2.24) is 0 Å². The molecule has 11 heteroatoms. The number of nitrogens with one attached hydrogen (secondary N) is 1. The molecule has 0 aliphatic heterocycles. The quantitative estimate of drug-likeness (QED) is 0.366. The van der Waals surface area contributed by atoms with E-state index in [0.29, 0.717) is 10.9 Å². The number of amides is 1. The third-order valence-corrected chi connectivity index (χ3v) is 7.44. The summed E-state index contributed by atoms with van der Waals surface area (Å²) < 4.78 is 78.5. The summed E-state index contributed by atoms with van der Waals surface area (Å²) in [7, 11) is -4.00. The van der Waals surface area contributed by atoms with E-state index >= 15 is 0 Å². The largest absolute Gasteiger partial charge is 0.417 e. The van der Waals surface area contributed by atoms with Crippen LogP contribution in [0.2, 0.25) is 0 Å². The molecule has 0 radical (unpaired) electrons. The van der Waals surface area contributed by atoms with E-state index in [1.807, 2.05) is 0 Å². The van der Waals surface area contributed by atoms with Gasteiger partial charge in [-0.2, -0.15) is 18.4 Å². The SMILES string of the molecule is N#Cc1ccc(NC(=O)C(Cc2cccs2)CS(=O)(=O)c2ccc(F)cc2)cc1C(F)(F)F. The molecule has 0 fully saturated rings. The number of hydrogen-bond acceptors (Lipinski definition) is 5. The molecule has 1 N–H and O–H groups in total. The van der Waals surface area contributed by atoms with Gasteiger partial charge in [0.25, 0.3) is 0 Å². The standard InChI is InChI=1S/C22H16F4N2O3S2/c23-16-4-7-19(8-5-16)33(30,31)13-15(10-18-2-1-9-32-18)21(29)28-17-6-3-14(12-27)20(11-17)22(24,25)26/h1-9,11,15H,10,13H2,(H,28,29). The van der Waals surface area contributed by atoms with Crippen molar-refractivity contribution in [3.8, 4) is 6.07 Å². The summed E-state index contributed by atoms with van der Waals surface area (Å²) >= 11 is 1.30. The first-order chi connectivity index (χ1) is 15.5. The molecule has 0 aliphatic rings. The fourth-order valence-corrected chi connectivity index (χ4v) is 5.43. The lowest BCUT2D eigenvalue weighted by Crippen LogP contribution is -2.31. The maximum absolute atomic E-state index is 13.2. The molecule has 3 rings (SSSR count). The number of carbonyl (C=O) groups excluding carboxylic acids is 1. The van der Waals surface area contributed by atoms with Crippen LogP contribution in [0.3, 0.4) is 0 Å². The average Bonchev–Trinajstić information content (AvgIpc) is 3.26. The third kappa shape index (κ3) is 6.18. The zero-order chi connectivity index (χ0) is 24.2. The Morgan fingerprint density at radius 1 is 1.12 bits per heavy atom. The van der Waals surface area contributed by atoms with Gasteiger partial charge in [-0.3, -0.25) is 4.79 Å². The second-order valence-electron chi connectivity index (χ2n) is 7.07. The molecule has 33 heavy (non-hydrogen) atoms. The summed E-state index contributed by atoms with van der Waals surface area (Å²) in [5, 5.41) is 13.0. The van der Waals surface area contributed by atoms with E-state index in [1.54, 1.807) is 17.5 Å². The molecule has 1 amide bonds. The Hall–Kier alpha value is -3.23. The molecule has 5 nitrogen and oxygen atoms in total. The Bertz CT molecular complexity index is 1280. The maximum Gasteiger partial charge on any atom is 0.417 e. The molecule has 0 saturated heterocycles. The topological polar surface area (TPSA) is 87.0 Å². The molecule has 1 unspecified atom stereocenters. The number of hydrogen-bond donors (Lipinski definition) is 1. The van der Waals surface area contributed by atoms with E-state index in [9.17, 15) is 30.8 Å². The summed E-state index contributed by atoms with van der Waals surface area (Å²) in [4.78, 5) is 13.5. The van der Waals surface area contributed by atoms with E-state index < -0.39 is 50.5 Å². The van der Waals surface area contributed by atoms with Crippen LogP contribution in [-0.2, 0) is 27.2 Å². The van der Waals surface area contributed by atoms with Crippen LogP contribution >= 0.6 is 11.3 Å². The molecule has 172 valence electrons. The molecule has 1 heterocycles. The molecule has 0 saturated carbocycles. The van der Waals surface area contributed by atoms with Crippen molar-refractivity contribution >= 4 is 32.8 Å². The van der Waals surface area contributed by atoms with Crippen molar-refractivity contribution in [2.24, 2.45) is 5.92 Å². The Balaban J connectivity index is 1.89. The summed E-state index contributed by atoms with van der Waals surface area (Å²) in [5.41, 5.74) is -2.03. The van der Waals surface area contributed by atoms with Gasteiger partial charge in [-0.25, -0.2) is 12.8 Å². The second kappa shape index (κ2) is 9.72. The van der Waals surface area contributed by atoms with Crippen molar-refractivity contribution < 1.29 is 30.8 Å². The van der Waals surface area contributed by atoms with Crippen LogP contribution in [0.1, 0.15) is 16.0 Å². The van der Waals surface area contributed by atoms with Crippen LogP contribution in [0, 0.1) is 23.1 Å². The van der Waals surface area contributed by atoms with E-state index in [0.717, 1.165) is 36.4 Å². The van der Waals surface area contributed by atoms with E-state index in [-0.39, 0.29) is 17.0 Å². The molecule has 0 bridgehead atoms. The number of anilines is 1. The molecule has 2 aromatic carbocycles. The lowest BCUT2D eigenvalue weighted by molar-refractivity contribution is -0.137. The van der Waals surface area contributed by atoms with Crippen LogP contribution in [0.5, 0.6) is 0 Å². The molecule has 0 aliphatic carbocycles. The van der Waals surface area contributed by atoms with Crippen LogP contribution in [0.25, 0.3) is 0 Å². The number of rotatable bonds is 7. The number of nitriles is 1. The van der Waals surface area contributed by atoms with Crippen molar-refractivity contribution in [2.45, 2.75) is 17.5 Å². The molecule has 3 aromatic rings. The fourth-order valence-electron chi connectivity index (χ4n) is 3.10. The van der Waals surface area contributed by atoms with Gasteiger partial charge >= 0.3 is 6.18 Å². The highest BCUT2D eigenvalue weighted by molar-refractivity contribution is 7.91. The number of thiophene rings is 1. The highest BCUT2D eigenvalue weighted by atomic mass is 32.2. The van der Waals surface area contributed by atoms with E-state index in [1.165, 1.54) is 17.4 Å². The van der Waals surface area contributed by atoms with Gasteiger partial charge in [0.05, 0.1) is 33.8 Å². The molecule has 1 atom stereocenters. The van der Waals surface area contributed by atoms with Gasteiger partial charge in [-0.15, -0.1) is 11.3 Å². The van der Waals surface area contributed by atoms with Gasteiger partial charge < -0.3 is 5.32 Å². The number of halogens is 4. The minimum atomic E-state index is -4.81. The van der Waals surface area contributed by atoms with Gasteiger partial charge in [0.15, 0.2) is 9.84 Å². The van der Waals surface area contributed by atoms with Gasteiger partial charge in [0.1, 0.15) is 5.82 Å². The maximum atomic E-state index is 13.2. The minimum absolute atomic E-state index is 0.0341. The smallest absolute Gasteiger partial charge is 0.326 e. The number of nitrogens with zero attached hydrogens (tertiary/aromatic N) is 1. The molecular weight excluding hydrogens is 480 g/mol. The van der Waals surface area contributed by atoms with Crippen LogP contribution in [0.4, 0.5) is 23.2 Å². The van der Waals surface area contributed by atoms with Crippen LogP contribution in [-0.4, -0.2) is 20.1 Å². The highest BCUT2D eigenvalue weighted by Crippen LogP contribution is 2.34. The summed E-state index contributed by atoms with van der Waals surface area (Å²) in [6.07, 6.45) is -4.78. The van der Waals surface area contributed by atoms with E-state index in [2.05, 4.69) is 5.32 Å². The normalized spacial score (nSPS) is 12.7.